The highest BCUT2D eigenvalue weighted by Crippen LogP contribution is 2.23. The Morgan fingerprint density at radius 3 is 2.60 bits per heavy atom. The Kier molecular flexibility index (Phi) is 4.96. The van der Waals surface area contributed by atoms with Crippen LogP contribution >= 0.6 is 0 Å². The van der Waals surface area contributed by atoms with Crippen LogP contribution < -0.4 is 15.8 Å². The maximum Gasteiger partial charge on any atom is 0.169 e. The third-order valence-corrected chi connectivity index (χ3v) is 2.92. The van der Waals surface area contributed by atoms with Crippen molar-refractivity contribution in [3.05, 3.63) is 53.7 Å². The van der Waals surface area contributed by atoms with E-state index in [2.05, 4.69) is 16.4 Å². The van der Waals surface area contributed by atoms with Gasteiger partial charge in [-0.3, -0.25) is 0 Å². The molecule has 4 nitrogen and oxygen atoms in total. The van der Waals surface area contributed by atoms with Crippen molar-refractivity contribution in [1.82, 2.24) is 4.98 Å². The molecule has 1 aromatic heterocycles. The van der Waals surface area contributed by atoms with Gasteiger partial charge in [-0.15, -0.1) is 0 Å². The Bertz CT molecular complexity index is 555. The van der Waals surface area contributed by atoms with Crippen LogP contribution in [0.1, 0.15) is 25.0 Å². The van der Waals surface area contributed by atoms with Crippen molar-refractivity contribution in [2.75, 3.05) is 5.32 Å². The van der Waals surface area contributed by atoms with Gasteiger partial charge in [-0.05, 0) is 37.1 Å². The van der Waals surface area contributed by atoms with Gasteiger partial charge >= 0.3 is 0 Å². The lowest BCUT2D eigenvalue weighted by molar-refractivity contribution is 0.243. The fraction of sp³-hybridized carbons (Fsp3) is 0.312. The number of aromatic nitrogens is 1. The highest BCUT2D eigenvalue weighted by molar-refractivity contribution is 5.50. The fourth-order valence-electron chi connectivity index (χ4n) is 1.98. The van der Waals surface area contributed by atoms with Crippen LogP contribution in [0.5, 0.6) is 5.75 Å². The highest BCUT2D eigenvalue weighted by atomic mass is 16.5. The van der Waals surface area contributed by atoms with Crippen LogP contribution in [-0.4, -0.2) is 11.1 Å². The number of nitrogens with zero attached hydrogens (tertiary/aromatic N) is 1. The van der Waals surface area contributed by atoms with Gasteiger partial charge in [0.25, 0.3) is 0 Å². The molecule has 3 N–H and O–H groups in total. The maximum atomic E-state index is 5.75. The van der Waals surface area contributed by atoms with E-state index in [1.54, 1.807) is 6.20 Å². The van der Waals surface area contributed by atoms with E-state index in [1.165, 1.54) is 5.56 Å². The molecule has 106 valence electrons. The van der Waals surface area contributed by atoms with Crippen molar-refractivity contribution >= 4 is 5.82 Å². The molecule has 0 radical (unpaired) electrons. The average Bonchev–Trinajstić information content (AvgIpc) is 2.46. The van der Waals surface area contributed by atoms with E-state index in [0.717, 1.165) is 17.1 Å². The molecular weight excluding hydrogens is 250 g/mol. The van der Waals surface area contributed by atoms with Gasteiger partial charge in [0.05, 0.1) is 6.10 Å². The van der Waals surface area contributed by atoms with Crippen molar-refractivity contribution in [2.45, 2.75) is 33.0 Å². The van der Waals surface area contributed by atoms with Crippen LogP contribution in [0.25, 0.3) is 0 Å². The molecule has 0 spiro atoms. The minimum absolute atomic E-state index is 0.121. The van der Waals surface area contributed by atoms with Gasteiger partial charge in [-0.25, -0.2) is 4.98 Å². The van der Waals surface area contributed by atoms with Crippen LogP contribution in [0.4, 0.5) is 5.82 Å². The summed E-state index contributed by atoms with van der Waals surface area (Å²) in [5.41, 5.74) is 8.07. The van der Waals surface area contributed by atoms with E-state index in [9.17, 15) is 0 Å². The quantitative estimate of drug-likeness (QED) is 0.848. The molecule has 0 fully saturated rings. The van der Waals surface area contributed by atoms with E-state index in [1.807, 2.05) is 44.2 Å². The molecule has 1 heterocycles. The molecule has 1 aromatic carbocycles. The molecule has 0 aliphatic rings. The van der Waals surface area contributed by atoms with Gasteiger partial charge in [0.2, 0.25) is 0 Å². The molecule has 0 aliphatic heterocycles. The van der Waals surface area contributed by atoms with Crippen molar-refractivity contribution in [2.24, 2.45) is 5.73 Å². The summed E-state index contributed by atoms with van der Waals surface area (Å²) in [5.74, 6) is 1.53. The number of nitrogens with two attached hydrogens (primary N) is 1. The van der Waals surface area contributed by atoms with Crippen LogP contribution in [-0.2, 0) is 13.1 Å². The van der Waals surface area contributed by atoms with Crippen LogP contribution in [0.3, 0.4) is 0 Å². The van der Waals surface area contributed by atoms with Crippen LogP contribution in [0, 0.1) is 0 Å². The molecule has 0 bridgehead atoms. The minimum atomic E-state index is 0.121. The van der Waals surface area contributed by atoms with Gasteiger partial charge in [-0.1, -0.05) is 24.3 Å². The molecular formula is C16H21N3O. The molecule has 0 saturated carbocycles. The highest BCUT2D eigenvalue weighted by Gasteiger charge is 2.07. The molecule has 0 amide bonds. The summed E-state index contributed by atoms with van der Waals surface area (Å²) in [7, 11) is 0. The van der Waals surface area contributed by atoms with E-state index >= 15 is 0 Å². The Labute approximate surface area is 120 Å². The Morgan fingerprint density at radius 1 is 1.15 bits per heavy atom. The van der Waals surface area contributed by atoms with Gasteiger partial charge < -0.3 is 15.8 Å². The number of anilines is 1. The SMILES string of the molecule is CC(C)Oc1cccnc1NCc1ccccc1CN. The summed E-state index contributed by atoms with van der Waals surface area (Å²) in [6.45, 7) is 5.22. The van der Waals surface area contributed by atoms with E-state index in [-0.39, 0.29) is 6.10 Å². The lowest BCUT2D eigenvalue weighted by Gasteiger charge is -2.15. The number of rotatable bonds is 6. The van der Waals surface area contributed by atoms with Gasteiger partial charge in [0.15, 0.2) is 11.6 Å². The minimum Gasteiger partial charge on any atom is -0.487 e. The molecule has 2 aromatic rings. The third-order valence-electron chi connectivity index (χ3n) is 2.92. The Hall–Kier alpha value is -2.07. The average molecular weight is 271 g/mol. The predicted octanol–water partition coefficient (Wildman–Crippen LogP) is 2.94. The monoisotopic (exact) mass is 271 g/mol. The number of benzene rings is 1. The summed E-state index contributed by atoms with van der Waals surface area (Å²) < 4.78 is 5.74. The van der Waals surface area contributed by atoms with Gasteiger partial charge in [0.1, 0.15) is 0 Å². The second kappa shape index (κ2) is 6.91. The normalized spacial score (nSPS) is 10.6. The first-order chi connectivity index (χ1) is 9.70. The first-order valence-electron chi connectivity index (χ1n) is 6.83. The topological polar surface area (TPSA) is 60.2 Å². The number of hydrogen-bond acceptors (Lipinski definition) is 4. The lowest BCUT2D eigenvalue weighted by atomic mass is 10.1. The Balaban J connectivity index is 2.11. The third kappa shape index (κ3) is 3.71. The lowest BCUT2D eigenvalue weighted by Crippen LogP contribution is -2.11. The molecule has 0 unspecified atom stereocenters. The van der Waals surface area contributed by atoms with Crippen molar-refractivity contribution < 1.29 is 4.74 Å². The predicted molar refractivity (Wildman–Crippen MR) is 81.7 cm³/mol. The zero-order valence-electron chi connectivity index (χ0n) is 12.0. The maximum absolute atomic E-state index is 5.75. The molecule has 0 saturated heterocycles. The summed E-state index contributed by atoms with van der Waals surface area (Å²) in [5, 5.41) is 3.32. The second-order valence-electron chi connectivity index (χ2n) is 4.84. The summed E-state index contributed by atoms with van der Waals surface area (Å²) >= 11 is 0. The van der Waals surface area contributed by atoms with Gasteiger partial charge in [0, 0.05) is 19.3 Å². The molecule has 0 atom stereocenters. The summed E-state index contributed by atoms with van der Waals surface area (Å²) in [4.78, 5) is 4.33. The Morgan fingerprint density at radius 2 is 1.90 bits per heavy atom. The number of hydrogen-bond donors (Lipinski definition) is 2. The van der Waals surface area contributed by atoms with Crippen LogP contribution in [0.2, 0.25) is 0 Å². The molecule has 0 aliphatic carbocycles. The standard InChI is InChI=1S/C16H21N3O/c1-12(2)20-15-8-5-9-18-16(15)19-11-14-7-4-3-6-13(14)10-17/h3-9,12H,10-11,17H2,1-2H3,(H,18,19). The van der Waals surface area contributed by atoms with Crippen molar-refractivity contribution in [3.63, 3.8) is 0 Å². The van der Waals surface area contributed by atoms with E-state index < -0.39 is 0 Å². The number of nitrogens with one attached hydrogen (secondary N) is 1. The number of ether oxygens (including phenoxy) is 1. The van der Waals surface area contributed by atoms with Crippen molar-refractivity contribution in [1.29, 1.82) is 0 Å². The second-order valence-corrected chi connectivity index (χ2v) is 4.84. The first kappa shape index (κ1) is 14.3. The fourth-order valence-corrected chi connectivity index (χ4v) is 1.98. The van der Waals surface area contributed by atoms with Gasteiger partial charge in [-0.2, -0.15) is 0 Å². The van der Waals surface area contributed by atoms with E-state index in [4.69, 9.17) is 10.5 Å². The smallest absolute Gasteiger partial charge is 0.169 e. The number of pyridine rings is 1. The zero-order chi connectivity index (χ0) is 14.4. The molecule has 4 heteroatoms. The summed E-state index contributed by atoms with van der Waals surface area (Å²) in [6, 6.07) is 11.9. The van der Waals surface area contributed by atoms with Crippen LogP contribution in [0.15, 0.2) is 42.6 Å². The first-order valence-corrected chi connectivity index (χ1v) is 6.83. The summed E-state index contributed by atoms with van der Waals surface area (Å²) in [6.07, 6.45) is 1.88. The zero-order valence-corrected chi connectivity index (χ0v) is 12.0. The van der Waals surface area contributed by atoms with Crippen molar-refractivity contribution in [3.8, 4) is 5.75 Å². The largest absolute Gasteiger partial charge is 0.487 e. The molecule has 20 heavy (non-hydrogen) atoms. The van der Waals surface area contributed by atoms with E-state index in [0.29, 0.717) is 13.1 Å². The molecule has 2 rings (SSSR count).